The average Bonchev–Trinajstić information content (AvgIpc) is 2.65. The molecule has 1 aromatic rings. The zero-order valence-corrected chi connectivity index (χ0v) is 11.8. The lowest BCUT2D eigenvalue weighted by molar-refractivity contribution is -0.120. The van der Waals surface area contributed by atoms with E-state index >= 15 is 0 Å². The minimum Gasteiger partial charge on any atom is -0.368 e. The van der Waals surface area contributed by atoms with Gasteiger partial charge in [-0.2, -0.15) is 0 Å². The van der Waals surface area contributed by atoms with Crippen molar-refractivity contribution in [3.05, 3.63) is 34.9 Å². The molecule has 1 fully saturated rings. The highest BCUT2D eigenvalue weighted by Crippen LogP contribution is 2.25. The molecule has 1 atom stereocenters. The van der Waals surface area contributed by atoms with Gasteiger partial charge in [0.1, 0.15) is 6.04 Å². The van der Waals surface area contributed by atoms with Gasteiger partial charge in [-0.1, -0.05) is 55.5 Å². The highest BCUT2D eigenvalue weighted by Gasteiger charge is 2.24. The Balaban J connectivity index is 2.12. The zero-order chi connectivity index (χ0) is 13.7. The Bertz CT molecular complexity index is 428. The fourth-order valence-electron chi connectivity index (χ4n) is 2.72. The van der Waals surface area contributed by atoms with Crippen molar-refractivity contribution in [2.24, 2.45) is 5.73 Å². The first kappa shape index (κ1) is 14.4. The molecule has 19 heavy (non-hydrogen) atoms. The van der Waals surface area contributed by atoms with Crippen LogP contribution in [0.25, 0.3) is 0 Å². The van der Waals surface area contributed by atoms with Crippen molar-refractivity contribution < 1.29 is 4.79 Å². The molecule has 3 nitrogen and oxygen atoms in total. The lowest BCUT2D eigenvalue weighted by Crippen LogP contribution is -2.40. The molecule has 1 amide bonds. The topological polar surface area (TPSA) is 55.1 Å². The molecule has 104 valence electrons. The van der Waals surface area contributed by atoms with Crippen LogP contribution in [0.3, 0.4) is 0 Å². The van der Waals surface area contributed by atoms with E-state index < -0.39 is 6.04 Å². The summed E-state index contributed by atoms with van der Waals surface area (Å²) in [4.78, 5) is 11.7. The van der Waals surface area contributed by atoms with Gasteiger partial charge in [0.05, 0.1) is 0 Å². The lowest BCUT2D eigenvalue weighted by Gasteiger charge is -2.23. The standard InChI is InChI=1S/C15H21ClN2O/c16-13-10-6-5-9-12(13)14(15(17)19)18-11-7-3-1-2-4-8-11/h5-6,9-11,14,18H,1-4,7-8H2,(H2,17,19). The van der Waals surface area contributed by atoms with E-state index in [1.807, 2.05) is 18.2 Å². The van der Waals surface area contributed by atoms with Crippen molar-refractivity contribution in [1.29, 1.82) is 0 Å². The third-order valence-corrected chi connectivity index (χ3v) is 4.10. The Kier molecular flexibility index (Phi) is 5.23. The Morgan fingerprint density at radius 2 is 1.84 bits per heavy atom. The first-order chi connectivity index (χ1) is 9.18. The molecule has 0 aromatic heterocycles. The number of nitrogens with two attached hydrogens (primary N) is 1. The molecular formula is C15H21ClN2O. The normalized spacial score (nSPS) is 18.8. The number of carbonyl (C=O) groups excluding carboxylic acids is 1. The average molecular weight is 281 g/mol. The monoisotopic (exact) mass is 280 g/mol. The summed E-state index contributed by atoms with van der Waals surface area (Å²) < 4.78 is 0. The largest absolute Gasteiger partial charge is 0.368 e. The first-order valence-electron chi connectivity index (χ1n) is 6.98. The molecule has 4 heteroatoms. The van der Waals surface area contributed by atoms with Gasteiger partial charge in [-0.25, -0.2) is 0 Å². The molecule has 0 spiro atoms. The van der Waals surface area contributed by atoms with Gasteiger partial charge >= 0.3 is 0 Å². The van der Waals surface area contributed by atoms with Gasteiger partial charge < -0.3 is 5.73 Å². The Morgan fingerprint density at radius 3 is 2.42 bits per heavy atom. The van der Waals surface area contributed by atoms with E-state index in [0.717, 1.165) is 18.4 Å². The van der Waals surface area contributed by atoms with E-state index in [1.54, 1.807) is 6.07 Å². The van der Waals surface area contributed by atoms with Crippen LogP contribution < -0.4 is 11.1 Å². The SMILES string of the molecule is NC(=O)C(NC1CCCCCC1)c1ccccc1Cl. The Morgan fingerprint density at radius 1 is 1.21 bits per heavy atom. The number of rotatable bonds is 4. The van der Waals surface area contributed by atoms with Crippen LogP contribution >= 0.6 is 11.6 Å². The van der Waals surface area contributed by atoms with Crippen molar-refractivity contribution in [3.63, 3.8) is 0 Å². The van der Waals surface area contributed by atoms with Gasteiger partial charge in [0.25, 0.3) is 0 Å². The molecule has 0 heterocycles. The molecule has 1 saturated carbocycles. The van der Waals surface area contributed by atoms with E-state index in [0.29, 0.717) is 11.1 Å². The third kappa shape index (κ3) is 3.95. The maximum Gasteiger partial charge on any atom is 0.239 e. The second kappa shape index (κ2) is 6.92. The molecule has 1 aliphatic rings. The van der Waals surface area contributed by atoms with Gasteiger partial charge in [-0.15, -0.1) is 0 Å². The number of hydrogen-bond acceptors (Lipinski definition) is 2. The summed E-state index contributed by atoms with van der Waals surface area (Å²) >= 11 is 6.17. The van der Waals surface area contributed by atoms with Crippen molar-refractivity contribution in [1.82, 2.24) is 5.32 Å². The van der Waals surface area contributed by atoms with Gasteiger partial charge in [0.2, 0.25) is 5.91 Å². The Hall–Kier alpha value is -1.06. The van der Waals surface area contributed by atoms with E-state index in [9.17, 15) is 4.79 Å². The van der Waals surface area contributed by atoms with Crippen LogP contribution in [0.5, 0.6) is 0 Å². The van der Waals surface area contributed by atoms with Gasteiger partial charge in [-0.3, -0.25) is 10.1 Å². The predicted molar refractivity (Wildman–Crippen MR) is 78.0 cm³/mol. The van der Waals surface area contributed by atoms with Gasteiger partial charge in [0, 0.05) is 11.1 Å². The third-order valence-electron chi connectivity index (χ3n) is 3.76. The number of carbonyl (C=O) groups is 1. The van der Waals surface area contributed by atoms with Crippen LogP contribution in [0.1, 0.15) is 50.1 Å². The highest BCUT2D eigenvalue weighted by atomic mass is 35.5. The van der Waals surface area contributed by atoms with E-state index in [1.165, 1.54) is 25.7 Å². The second-order valence-electron chi connectivity index (χ2n) is 5.21. The number of primary amides is 1. The minimum atomic E-state index is -0.489. The lowest BCUT2D eigenvalue weighted by atomic mass is 10.0. The molecule has 2 rings (SSSR count). The van der Waals surface area contributed by atoms with Crippen molar-refractivity contribution in [2.75, 3.05) is 0 Å². The summed E-state index contributed by atoms with van der Waals surface area (Å²) in [6.45, 7) is 0. The van der Waals surface area contributed by atoms with Crippen LogP contribution in [0, 0.1) is 0 Å². The van der Waals surface area contributed by atoms with E-state index in [4.69, 9.17) is 17.3 Å². The fraction of sp³-hybridized carbons (Fsp3) is 0.533. The molecule has 0 saturated heterocycles. The number of amides is 1. The van der Waals surface area contributed by atoms with Gasteiger partial charge in [-0.05, 0) is 24.5 Å². The maximum absolute atomic E-state index is 11.7. The van der Waals surface area contributed by atoms with E-state index in [-0.39, 0.29) is 5.91 Å². The first-order valence-corrected chi connectivity index (χ1v) is 7.36. The van der Waals surface area contributed by atoms with Crippen LogP contribution in [0.2, 0.25) is 5.02 Å². The van der Waals surface area contributed by atoms with Gasteiger partial charge in [0.15, 0.2) is 0 Å². The van der Waals surface area contributed by atoms with Crippen molar-refractivity contribution in [2.45, 2.75) is 50.6 Å². The van der Waals surface area contributed by atoms with Crippen molar-refractivity contribution in [3.8, 4) is 0 Å². The minimum absolute atomic E-state index is 0.358. The molecule has 3 N–H and O–H groups in total. The number of halogens is 1. The van der Waals surface area contributed by atoms with Crippen molar-refractivity contribution >= 4 is 17.5 Å². The number of nitrogens with one attached hydrogen (secondary N) is 1. The molecule has 0 aliphatic heterocycles. The summed E-state index contributed by atoms with van der Waals surface area (Å²) in [7, 11) is 0. The number of hydrogen-bond donors (Lipinski definition) is 2. The Labute approximate surface area is 119 Å². The molecule has 0 radical (unpaired) electrons. The molecule has 0 bridgehead atoms. The molecule has 1 unspecified atom stereocenters. The number of benzene rings is 1. The molecule has 1 aromatic carbocycles. The van der Waals surface area contributed by atoms with Crippen LogP contribution in [0.15, 0.2) is 24.3 Å². The highest BCUT2D eigenvalue weighted by molar-refractivity contribution is 6.31. The van der Waals surface area contributed by atoms with Crippen LogP contribution in [-0.2, 0) is 4.79 Å². The fourth-order valence-corrected chi connectivity index (χ4v) is 2.96. The molecular weight excluding hydrogens is 260 g/mol. The molecule has 1 aliphatic carbocycles. The van der Waals surface area contributed by atoms with Crippen LogP contribution in [-0.4, -0.2) is 11.9 Å². The summed E-state index contributed by atoms with van der Waals surface area (Å²) in [6.07, 6.45) is 7.21. The van der Waals surface area contributed by atoms with Crippen LogP contribution in [0.4, 0.5) is 0 Å². The van der Waals surface area contributed by atoms with E-state index in [2.05, 4.69) is 5.32 Å². The maximum atomic E-state index is 11.7. The predicted octanol–water partition coefficient (Wildman–Crippen LogP) is 3.18. The summed E-state index contributed by atoms with van der Waals surface area (Å²) in [5, 5.41) is 3.98. The summed E-state index contributed by atoms with van der Waals surface area (Å²) in [5.41, 5.74) is 6.31. The zero-order valence-electron chi connectivity index (χ0n) is 11.1. The summed E-state index contributed by atoms with van der Waals surface area (Å²) in [6, 6.07) is 7.26. The smallest absolute Gasteiger partial charge is 0.239 e. The second-order valence-corrected chi connectivity index (χ2v) is 5.62. The summed E-state index contributed by atoms with van der Waals surface area (Å²) in [5.74, 6) is -0.364. The quantitative estimate of drug-likeness (QED) is 0.832.